The molecule has 7 atom stereocenters. The van der Waals surface area contributed by atoms with E-state index in [1.54, 1.807) is 0 Å². The Bertz CT molecular complexity index is 524. The van der Waals surface area contributed by atoms with Crippen molar-refractivity contribution in [2.75, 3.05) is 0 Å². The molecule has 0 aromatic heterocycles. The van der Waals surface area contributed by atoms with Gasteiger partial charge in [0.05, 0.1) is 18.1 Å². The molecule has 0 saturated heterocycles. The highest BCUT2D eigenvalue weighted by Gasteiger charge is 2.64. The van der Waals surface area contributed by atoms with Crippen LogP contribution in [0.1, 0.15) is 84.5 Å². The summed E-state index contributed by atoms with van der Waals surface area (Å²) in [6.45, 7) is 4.92. The van der Waals surface area contributed by atoms with E-state index in [4.69, 9.17) is 0 Å². The average Bonchev–Trinajstić information content (AvgIpc) is 2.79. The van der Waals surface area contributed by atoms with Crippen molar-refractivity contribution in [1.29, 1.82) is 5.26 Å². The van der Waals surface area contributed by atoms with E-state index < -0.39 is 5.60 Å². The standard InChI is InChI=1S/C21H33NO/c1-19-10-4-3-5-15(19)6-7-16-17(19)8-11-20(2)18(16)9-12-21(20,23)13-14-22/h15-18,23H,3-13H2,1-2H3/t15-,16+,17-,18-,19-,20-,21+/m0/s1. The number of nitrogens with zero attached hydrogens (tertiary/aromatic N) is 1. The van der Waals surface area contributed by atoms with Crippen LogP contribution in [-0.4, -0.2) is 10.7 Å². The van der Waals surface area contributed by atoms with E-state index in [0.717, 1.165) is 37.0 Å². The van der Waals surface area contributed by atoms with Crippen LogP contribution in [0, 0.1) is 45.8 Å². The van der Waals surface area contributed by atoms with E-state index in [-0.39, 0.29) is 5.41 Å². The first-order valence-electron chi connectivity index (χ1n) is 10.0. The second-order valence-electron chi connectivity index (χ2n) is 9.76. The molecule has 23 heavy (non-hydrogen) atoms. The van der Waals surface area contributed by atoms with Crippen LogP contribution in [0.4, 0.5) is 0 Å². The average molecular weight is 316 g/mol. The maximum atomic E-state index is 11.2. The molecule has 0 unspecified atom stereocenters. The Kier molecular flexibility index (Phi) is 3.62. The molecule has 128 valence electrons. The summed E-state index contributed by atoms with van der Waals surface area (Å²) in [5.74, 6) is 3.30. The zero-order valence-corrected chi connectivity index (χ0v) is 15.0. The van der Waals surface area contributed by atoms with E-state index >= 15 is 0 Å². The molecule has 4 rings (SSSR count). The SMILES string of the molecule is C[C@]12CCCC[C@H]1CC[C@@H]1[C@@H]2CC[C@@]2(C)[C@H]1CC[C@@]2(O)CC#N. The normalized spacial score (nSPS) is 55.4. The van der Waals surface area contributed by atoms with Gasteiger partial charge in [0.2, 0.25) is 0 Å². The van der Waals surface area contributed by atoms with Crippen molar-refractivity contribution in [3.8, 4) is 6.07 Å². The van der Waals surface area contributed by atoms with E-state index in [0.29, 0.717) is 17.8 Å². The Labute approximate surface area is 141 Å². The van der Waals surface area contributed by atoms with Gasteiger partial charge >= 0.3 is 0 Å². The highest BCUT2D eigenvalue weighted by atomic mass is 16.3. The molecule has 0 bridgehead atoms. The molecule has 0 aromatic carbocycles. The molecule has 0 aliphatic heterocycles. The van der Waals surface area contributed by atoms with Gasteiger partial charge in [-0.05, 0) is 80.5 Å². The molecule has 2 nitrogen and oxygen atoms in total. The highest BCUT2D eigenvalue weighted by molar-refractivity contribution is 5.15. The predicted octanol–water partition coefficient (Wildman–Crippen LogP) is 5.06. The van der Waals surface area contributed by atoms with Crippen LogP contribution >= 0.6 is 0 Å². The number of hydrogen-bond donors (Lipinski definition) is 1. The summed E-state index contributed by atoms with van der Waals surface area (Å²) in [4.78, 5) is 0. The molecular formula is C21H33NO. The molecule has 1 N–H and O–H groups in total. The highest BCUT2D eigenvalue weighted by Crippen LogP contribution is 2.68. The van der Waals surface area contributed by atoms with Crippen LogP contribution in [0.5, 0.6) is 0 Å². The summed E-state index contributed by atoms with van der Waals surface area (Å²) >= 11 is 0. The summed E-state index contributed by atoms with van der Waals surface area (Å²) in [6.07, 6.45) is 13.3. The van der Waals surface area contributed by atoms with E-state index in [1.807, 2.05) is 0 Å². The Morgan fingerprint density at radius 3 is 2.52 bits per heavy atom. The zero-order valence-electron chi connectivity index (χ0n) is 15.0. The van der Waals surface area contributed by atoms with Gasteiger partial charge in [-0.1, -0.05) is 26.7 Å². The number of aliphatic hydroxyl groups is 1. The summed E-state index contributed by atoms with van der Waals surface area (Å²) in [5, 5.41) is 20.4. The number of rotatable bonds is 1. The summed E-state index contributed by atoms with van der Waals surface area (Å²) in [5.41, 5.74) is -0.165. The second kappa shape index (κ2) is 5.22. The summed E-state index contributed by atoms with van der Waals surface area (Å²) in [7, 11) is 0. The molecule has 4 aliphatic rings. The van der Waals surface area contributed by atoms with Crippen molar-refractivity contribution in [3.05, 3.63) is 0 Å². The van der Waals surface area contributed by atoms with Gasteiger partial charge in [-0.3, -0.25) is 0 Å². The van der Waals surface area contributed by atoms with Gasteiger partial charge in [0.1, 0.15) is 0 Å². The molecule has 0 radical (unpaired) electrons. The monoisotopic (exact) mass is 315 g/mol. The molecule has 0 aromatic rings. The third kappa shape index (κ3) is 2.02. The molecule has 4 aliphatic carbocycles. The minimum Gasteiger partial charge on any atom is -0.388 e. The van der Waals surface area contributed by atoms with Crippen molar-refractivity contribution in [2.45, 2.75) is 90.1 Å². The lowest BCUT2D eigenvalue weighted by atomic mass is 9.44. The Morgan fingerprint density at radius 2 is 1.74 bits per heavy atom. The lowest BCUT2D eigenvalue weighted by Gasteiger charge is -2.61. The second-order valence-corrected chi connectivity index (χ2v) is 9.76. The topological polar surface area (TPSA) is 44.0 Å². The zero-order chi connectivity index (χ0) is 16.3. The van der Waals surface area contributed by atoms with E-state index in [9.17, 15) is 10.4 Å². The largest absolute Gasteiger partial charge is 0.388 e. The molecule has 0 amide bonds. The predicted molar refractivity (Wildman–Crippen MR) is 91.5 cm³/mol. The first-order valence-corrected chi connectivity index (χ1v) is 10.0. The van der Waals surface area contributed by atoms with Crippen LogP contribution in [-0.2, 0) is 0 Å². The van der Waals surface area contributed by atoms with Crippen molar-refractivity contribution < 1.29 is 5.11 Å². The minimum absolute atomic E-state index is 0.0121. The molecule has 0 heterocycles. The quantitative estimate of drug-likeness (QED) is 0.734. The van der Waals surface area contributed by atoms with Crippen LogP contribution in [0.15, 0.2) is 0 Å². The molecule has 2 heteroatoms. The maximum Gasteiger partial charge on any atom is 0.0833 e. The molecule has 4 fully saturated rings. The van der Waals surface area contributed by atoms with Crippen molar-refractivity contribution in [1.82, 2.24) is 0 Å². The van der Waals surface area contributed by atoms with Crippen LogP contribution in [0.3, 0.4) is 0 Å². The fourth-order valence-corrected chi connectivity index (χ4v) is 7.83. The van der Waals surface area contributed by atoms with E-state index in [1.165, 1.54) is 44.9 Å². The third-order valence-electron chi connectivity index (χ3n) is 9.28. The first-order chi connectivity index (χ1) is 10.9. The molecule has 4 saturated carbocycles. The maximum absolute atomic E-state index is 11.2. The smallest absolute Gasteiger partial charge is 0.0833 e. The molecule has 0 spiro atoms. The van der Waals surface area contributed by atoms with Gasteiger partial charge < -0.3 is 5.11 Å². The summed E-state index contributed by atoms with van der Waals surface area (Å²) in [6, 6.07) is 2.28. The third-order valence-corrected chi connectivity index (χ3v) is 9.28. The lowest BCUT2D eigenvalue weighted by molar-refractivity contribution is -0.149. The van der Waals surface area contributed by atoms with Gasteiger partial charge in [0.15, 0.2) is 0 Å². The van der Waals surface area contributed by atoms with Crippen molar-refractivity contribution in [2.24, 2.45) is 34.5 Å². The van der Waals surface area contributed by atoms with Crippen LogP contribution < -0.4 is 0 Å². The van der Waals surface area contributed by atoms with Crippen LogP contribution in [0.2, 0.25) is 0 Å². The molecular weight excluding hydrogens is 282 g/mol. The van der Waals surface area contributed by atoms with Gasteiger partial charge in [0, 0.05) is 5.41 Å². The summed E-state index contributed by atoms with van der Waals surface area (Å²) < 4.78 is 0. The number of hydrogen-bond acceptors (Lipinski definition) is 2. The van der Waals surface area contributed by atoms with Crippen LogP contribution in [0.25, 0.3) is 0 Å². The fourth-order valence-electron chi connectivity index (χ4n) is 7.83. The van der Waals surface area contributed by atoms with Crippen molar-refractivity contribution >= 4 is 0 Å². The van der Waals surface area contributed by atoms with Gasteiger partial charge in [-0.25, -0.2) is 0 Å². The van der Waals surface area contributed by atoms with Gasteiger partial charge in [-0.2, -0.15) is 5.26 Å². The van der Waals surface area contributed by atoms with Crippen molar-refractivity contribution in [3.63, 3.8) is 0 Å². The Balaban J connectivity index is 1.64. The number of fused-ring (bicyclic) bond motifs is 5. The lowest BCUT2D eigenvalue weighted by Crippen LogP contribution is -2.56. The first kappa shape index (κ1) is 15.9. The fraction of sp³-hybridized carbons (Fsp3) is 0.952. The van der Waals surface area contributed by atoms with Gasteiger partial charge in [-0.15, -0.1) is 0 Å². The van der Waals surface area contributed by atoms with Gasteiger partial charge in [0.25, 0.3) is 0 Å². The number of nitriles is 1. The minimum atomic E-state index is -0.721. The van der Waals surface area contributed by atoms with E-state index in [2.05, 4.69) is 19.9 Å². The Morgan fingerprint density at radius 1 is 0.957 bits per heavy atom. The Hall–Kier alpha value is -0.550.